The highest BCUT2D eigenvalue weighted by Crippen LogP contribution is 2.34. The molecule has 3 fully saturated rings. The van der Waals surface area contributed by atoms with Crippen molar-refractivity contribution in [3.63, 3.8) is 0 Å². The Morgan fingerprint density at radius 1 is 0.935 bits per heavy atom. The molecule has 2 aromatic carbocycles. The molecule has 15 heteroatoms. The molecule has 13 nitrogen and oxygen atoms in total. The Hall–Kier alpha value is -3.67. The Balaban J connectivity index is 1.18. The fourth-order valence-electron chi connectivity index (χ4n) is 5.48. The average molecular weight is 652 g/mol. The van der Waals surface area contributed by atoms with Crippen molar-refractivity contribution in [2.45, 2.75) is 75.0 Å². The molecule has 0 radical (unpaired) electrons. The van der Waals surface area contributed by atoms with Gasteiger partial charge in [-0.15, -0.1) is 0 Å². The summed E-state index contributed by atoms with van der Waals surface area (Å²) in [5.74, 6) is -2.92. The van der Waals surface area contributed by atoms with Gasteiger partial charge in [-0.1, -0.05) is 6.07 Å². The van der Waals surface area contributed by atoms with Crippen LogP contribution in [0.2, 0.25) is 0 Å². The van der Waals surface area contributed by atoms with Crippen LogP contribution >= 0.6 is 0 Å². The molecule has 1 aliphatic carbocycles. The van der Waals surface area contributed by atoms with Gasteiger partial charge >= 0.3 is 0 Å². The van der Waals surface area contributed by atoms with E-state index < -0.39 is 78.7 Å². The second-order valence-corrected chi connectivity index (χ2v) is 11.3. The Morgan fingerprint density at radius 2 is 1.63 bits per heavy atom. The third-order valence-electron chi connectivity index (χ3n) is 8.08. The lowest BCUT2D eigenvalue weighted by Crippen LogP contribution is -2.67. The molecule has 2 aliphatic heterocycles. The number of phenols is 1. The van der Waals surface area contributed by atoms with Gasteiger partial charge in [-0.3, -0.25) is 4.79 Å². The minimum Gasteiger partial charge on any atom is -0.504 e. The molecular weight excluding hydrogens is 616 g/mol. The Morgan fingerprint density at radius 3 is 2.33 bits per heavy atom. The normalized spacial score (nSPS) is 33.1. The van der Waals surface area contributed by atoms with E-state index in [-0.39, 0.29) is 36.2 Å². The third kappa shape index (κ3) is 7.01. The number of aromatic hydroxyl groups is 1. The minimum atomic E-state index is -1.51. The van der Waals surface area contributed by atoms with E-state index in [1.54, 1.807) is 6.92 Å². The van der Waals surface area contributed by atoms with Crippen LogP contribution in [0.4, 0.5) is 8.78 Å². The zero-order valence-corrected chi connectivity index (χ0v) is 24.7. The summed E-state index contributed by atoms with van der Waals surface area (Å²) in [6.45, 7) is 2.76. The number of halogens is 2. The number of hydrogen-bond acceptors (Lipinski definition) is 12. The lowest BCUT2D eigenvalue weighted by molar-refractivity contribution is -0.155. The largest absolute Gasteiger partial charge is 0.504 e. The van der Waals surface area contributed by atoms with Crippen LogP contribution < -0.4 is 14.8 Å². The van der Waals surface area contributed by atoms with E-state index in [9.17, 15) is 44.2 Å². The zero-order valence-electron chi connectivity index (χ0n) is 24.7. The molecule has 7 N–H and O–H groups in total. The molecule has 5 rings (SSSR count). The van der Waals surface area contributed by atoms with E-state index >= 15 is 0 Å². The van der Waals surface area contributed by atoms with Crippen LogP contribution in [0.5, 0.6) is 17.2 Å². The van der Waals surface area contributed by atoms with Crippen molar-refractivity contribution in [1.29, 1.82) is 0 Å². The van der Waals surface area contributed by atoms with Gasteiger partial charge in [0, 0.05) is 11.6 Å². The van der Waals surface area contributed by atoms with Crippen molar-refractivity contribution in [2.75, 3.05) is 13.4 Å². The summed E-state index contributed by atoms with van der Waals surface area (Å²) in [6.07, 6.45) is -8.49. The summed E-state index contributed by atoms with van der Waals surface area (Å²) in [7, 11) is 0. The van der Waals surface area contributed by atoms with E-state index in [1.165, 1.54) is 37.3 Å². The number of rotatable bonds is 9. The van der Waals surface area contributed by atoms with Crippen molar-refractivity contribution in [2.24, 2.45) is 0 Å². The highest BCUT2D eigenvalue weighted by atomic mass is 19.1. The van der Waals surface area contributed by atoms with Gasteiger partial charge in [-0.2, -0.15) is 0 Å². The van der Waals surface area contributed by atoms with Gasteiger partial charge in [0.1, 0.15) is 68.0 Å². The molecule has 1 amide bonds. The summed E-state index contributed by atoms with van der Waals surface area (Å²) in [5.41, 5.74) is 0.948. The zero-order chi connectivity index (χ0) is 33.3. The number of fused-ring (bicyclic) bond motifs is 1. The maximum Gasteiger partial charge on any atom is 0.247 e. The van der Waals surface area contributed by atoms with Gasteiger partial charge in [0.15, 0.2) is 23.1 Å². The van der Waals surface area contributed by atoms with Crippen LogP contribution in [-0.2, 0) is 19.0 Å². The molecule has 2 aromatic rings. The molecule has 10 atom stereocenters. The van der Waals surface area contributed by atoms with Gasteiger partial charge in [-0.25, -0.2) is 8.78 Å². The predicted molar refractivity (Wildman–Crippen MR) is 153 cm³/mol. The fraction of sp³-hybridized carbons (Fsp3) is 0.452. The van der Waals surface area contributed by atoms with Crippen molar-refractivity contribution in [3.8, 4) is 17.2 Å². The lowest BCUT2D eigenvalue weighted by atomic mass is 9.83. The molecule has 2 heterocycles. The monoisotopic (exact) mass is 651 g/mol. The number of carbonyl (C=O) groups is 1. The van der Waals surface area contributed by atoms with Crippen LogP contribution in [0.3, 0.4) is 0 Å². The number of nitrogens with one attached hydrogen (secondary N) is 1. The van der Waals surface area contributed by atoms with Crippen molar-refractivity contribution in [1.82, 2.24) is 5.32 Å². The first-order chi connectivity index (χ1) is 21.8. The second-order valence-electron chi connectivity index (χ2n) is 11.3. The minimum absolute atomic E-state index is 0.0938. The SMILES string of the molecule is C/C(=C\c1ccc(O[C@@H]2O[C@H](/C(C)=C/COc3ccc(F)cc3F)[C@@H](O)[C@@H]2O)c(O)c1)C(=O)N[C@@H]1[C@H](O)[C@@H](O)[C@H]2OCO[C@H]2[C@@H]1O. The number of carbonyl (C=O) groups excluding carboxylic acids is 1. The van der Waals surface area contributed by atoms with Crippen LogP contribution in [0.1, 0.15) is 19.4 Å². The number of phenolic OH excluding ortho intramolecular Hbond substituents is 1. The van der Waals surface area contributed by atoms with E-state index in [4.69, 9.17) is 23.7 Å². The Kier molecular flexibility index (Phi) is 10.2. The van der Waals surface area contributed by atoms with Gasteiger partial charge in [0.2, 0.25) is 12.2 Å². The van der Waals surface area contributed by atoms with Gasteiger partial charge < -0.3 is 59.6 Å². The van der Waals surface area contributed by atoms with Crippen LogP contribution in [0.25, 0.3) is 6.08 Å². The second kappa shape index (κ2) is 14.0. The van der Waals surface area contributed by atoms with Crippen molar-refractivity contribution >= 4 is 12.0 Å². The first-order valence-electron chi connectivity index (χ1n) is 14.4. The van der Waals surface area contributed by atoms with E-state index in [0.717, 1.165) is 12.1 Å². The smallest absolute Gasteiger partial charge is 0.247 e. The fourth-order valence-corrected chi connectivity index (χ4v) is 5.48. The Labute approximate surface area is 261 Å². The standard InChI is InChI=1S/C31H35F2NO12/c1-13(7-8-42-19-6-4-16(32)11-17(19)33)27-25(39)26(40)31(46-27)45-20-5-3-15(10-18(20)35)9-14(2)30(41)34-21-22(36)24(38)29-28(23(21)37)43-12-44-29/h3-7,9-11,21-29,31,35-40H,8,12H2,1-2H3,(H,34,41)/b13-7+,14-9+/t21-,22+,23-,24-,25+,26+,27-,28+,29-,31-/m1/s1. The molecule has 2 saturated heterocycles. The number of aliphatic hydroxyl groups is 5. The number of amides is 1. The topological polar surface area (TPSA) is 197 Å². The third-order valence-corrected chi connectivity index (χ3v) is 8.08. The van der Waals surface area contributed by atoms with Gasteiger partial charge in [0.25, 0.3) is 0 Å². The summed E-state index contributed by atoms with van der Waals surface area (Å²) >= 11 is 0. The molecule has 3 aliphatic rings. The maximum atomic E-state index is 13.8. The highest BCUT2D eigenvalue weighted by Gasteiger charge is 2.53. The lowest BCUT2D eigenvalue weighted by Gasteiger charge is -2.41. The summed E-state index contributed by atoms with van der Waals surface area (Å²) in [4.78, 5) is 12.9. The molecule has 0 bridgehead atoms. The van der Waals surface area contributed by atoms with Crippen LogP contribution in [0.15, 0.2) is 53.6 Å². The first-order valence-corrected chi connectivity index (χ1v) is 14.4. The highest BCUT2D eigenvalue weighted by molar-refractivity contribution is 5.97. The molecule has 1 saturated carbocycles. The van der Waals surface area contributed by atoms with Crippen molar-refractivity contribution in [3.05, 3.63) is 70.8 Å². The number of aliphatic hydroxyl groups excluding tert-OH is 5. The first kappa shape index (κ1) is 33.7. The van der Waals surface area contributed by atoms with Gasteiger partial charge in [0.05, 0.1) is 6.04 Å². The van der Waals surface area contributed by atoms with E-state index in [2.05, 4.69) is 5.32 Å². The summed E-state index contributed by atoms with van der Waals surface area (Å²) < 4.78 is 53.9. The van der Waals surface area contributed by atoms with Gasteiger partial charge in [-0.05, 0) is 61.4 Å². The molecule has 46 heavy (non-hydrogen) atoms. The Bertz CT molecular complexity index is 1490. The molecule has 0 unspecified atom stereocenters. The molecular formula is C31H35F2NO12. The maximum absolute atomic E-state index is 13.8. The molecule has 0 aromatic heterocycles. The van der Waals surface area contributed by atoms with Crippen molar-refractivity contribution < 1.29 is 67.9 Å². The predicted octanol–water partition coefficient (Wildman–Crippen LogP) is 0.247. The number of ether oxygens (including phenoxy) is 5. The molecule has 250 valence electrons. The average Bonchev–Trinajstić information content (AvgIpc) is 3.62. The number of hydrogen-bond donors (Lipinski definition) is 7. The van der Waals surface area contributed by atoms with E-state index in [0.29, 0.717) is 17.2 Å². The summed E-state index contributed by atoms with van der Waals surface area (Å²) in [5, 5.41) is 65.5. The van der Waals surface area contributed by atoms with Crippen LogP contribution in [0, 0.1) is 11.6 Å². The molecule has 0 spiro atoms. The number of benzene rings is 2. The quantitative estimate of drug-likeness (QED) is 0.144. The van der Waals surface area contributed by atoms with Crippen LogP contribution in [-0.4, -0.2) is 111 Å². The van der Waals surface area contributed by atoms with E-state index in [1.807, 2.05) is 0 Å². The summed E-state index contributed by atoms with van der Waals surface area (Å²) in [6, 6.07) is 5.77.